The van der Waals surface area contributed by atoms with Gasteiger partial charge in [0.05, 0.1) is 19.7 Å². The zero-order valence-electron chi connectivity index (χ0n) is 15.3. The molecule has 0 aliphatic rings. The Morgan fingerprint density at radius 3 is 2.79 bits per heavy atom. The number of amides is 1. The summed E-state index contributed by atoms with van der Waals surface area (Å²) in [4.78, 5) is 40.6. The van der Waals surface area contributed by atoms with Gasteiger partial charge in [0.25, 0.3) is 11.5 Å². The molecule has 0 bridgehead atoms. The Kier molecular flexibility index (Phi) is 5.45. The van der Waals surface area contributed by atoms with Gasteiger partial charge in [-0.2, -0.15) is 5.10 Å². The molecule has 0 unspecified atom stereocenters. The minimum atomic E-state index is -0.522. The number of benzene rings is 1. The molecule has 28 heavy (non-hydrogen) atoms. The van der Waals surface area contributed by atoms with E-state index < -0.39 is 17.2 Å². The predicted molar refractivity (Wildman–Crippen MR) is 107 cm³/mol. The van der Waals surface area contributed by atoms with Crippen LogP contribution in [0.5, 0.6) is 5.75 Å². The van der Waals surface area contributed by atoms with Crippen molar-refractivity contribution in [3.63, 3.8) is 0 Å². The van der Waals surface area contributed by atoms with E-state index in [0.717, 1.165) is 9.04 Å². The highest BCUT2D eigenvalue weighted by atomic mass is 79.9. The van der Waals surface area contributed by atoms with Gasteiger partial charge in [-0.15, -0.1) is 0 Å². The maximum Gasteiger partial charge on any atom is 0.332 e. The van der Waals surface area contributed by atoms with Crippen LogP contribution in [0.15, 0.2) is 43.7 Å². The van der Waals surface area contributed by atoms with E-state index in [4.69, 9.17) is 4.74 Å². The van der Waals surface area contributed by atoms with Crippen molar-refractivity contribution in [1.29, 1.82) is 0 Å². The smallest absolute Gasteiger partial charge is 0.332 e. The number of halogens is 1. The van der Waals surface area contributed by atoms with Crippen molar-refractivity contribution in [2.24, 2.45) is 19.2 Å². The van der Waals surface area contributed by atoms with Gasteiger partial charge in [-0.05, 0) is 18.2 Å². The standard InChI is InChI=1S/C17H17BrN6O4/c1-22-15-14(16(26)23(2)17(22)27)24(9-19-15)8-13(25)21-20-7-10-6-11(18)4-5-12(10)28-3/h4-7,9H,8H2,1-3H3,(H,21,25). The molecule has 0 radical (unpaired) electrons. The van der Waals surface area contributed by atoms with Crippen LogP contribution in [0.25, 0.3) is 11.2 Å². The Bertz CT molecular complexity index is 1210. The van der Waals surface area contributed by atoms with Gasteiger partial charge in [-0.25, -0.2) is 15.2 Å². The molecule has 1 N–H and O–H groups in total. The quantitative estimate of drug-likeness (QED) is 0.447. The van der Waals surface area contributed by atoms with E-state index in [0.29, 0.717) is 11.3 Å². The van der Waals surface area contributed by atoms with Crippen LogP contribution in [-0.4, -0.2) is 37.9 Å². The van der Waals surface area contributed by atoms with Crippen molar-refractivity contribution in [2.45, 2.75) is 6.54 Å². The monoisotopic (exact) mass is 448 g/mol. The maximum atomic E-state index is 12.4. The number of fused-ring (bicyclic) bond motifs is 1. The molecule has 10 nitrogen and oxygen atoms in total. The lowest BCUT2D eigenvalue weighted by atomic mass is 10.2. The molecule has 1 amide bonds. The normalized spacial score (nSPS) is 11.3. The van der Waals surface area contributed by atoms with E-state index in [1.807, 2.05) is 6.07 Å². The van der Waals surface area contributed by atoms with Crippen LogP contribution in [0.2, 0.25) is 0 Å². The first-order valence-corrected chi connectivity index (χ1v) is 8.89. The number of hydrogen-bond donors (Lipinski definition) is 1. The summed E-state index contributed by atoms with van der Waals surface area (Å²) in [5.74, 6) is 0.145. The van der Waals surface area contributed by atoms with Gasteiger partial charge < -0.3 is 9.30 Å². The third-order valence-corrected chi connectivity index (χ3v) is 4.61. The van der Waals surface area contributed by atoms with E-state index in [9.17, 15) is 14.4 Å². The van der Waals surface area contributed by atoms with Crippen LogP contribution in [0.1, 0.15) is 5.56 Å². The lowest BCUT2D eigenvalue weighted by Crippen LogP contribution is -2.38. The van der Waals surface area contributed by atoms with Crippen LogP contribution < -0.4 is 21.4 Å². The number of nitrogens with zero attached hydrogens (tertiary/aromatic N) is 5. The van der Waals surface area contributed by atoms with Gasteiger partial charge in [0.15, 0.2) is 11.2 Å². The average molecular weight is 449 g/mol. The first kappa shape index (κ1) is 19.5. The highest BCUT2D eigenvalue weighted by molar-refractivity contribution is 9.10. The summed E-state index contributed by atoms with van der Waals surface area (Å²) < 4.78 is 9.67. The average Bonchev–Trinajstić information content (AvgIpc) is 3.08. The van der Waals surface area contributed by atoms with Gasteiger partial charge in [-0.3, -0.25) is 18.7 Å². The second-order valence-electron chi connectivity index (χ2n) is 5.93. The molecular formula is C17H17BrN6O4. The summed E-state index contributed by atoms with van der Waals surface area (Å²) >= 11 is 3.36. The molecule has 11 heteroatoms. The van der Waals surface area contributed by atoms with Crippen molar-refractivity contribution in [3.8, 4) is 5.75 Å². The first-order valence-electron chi connectivity index (χ1n) is 8.09. The fourth-order valence-electron chi connectivity index (χ4n) is 2.69. The van der Waals surface area contributed by atoms with E-state index in [2.05, 4.69) is 31.4 Å². The number of imidazole rings is 1. The summed E-state index contributed by atoms with van der Waals surface area (Å²) in [6, 6.07) is 5.39. The highest BCUT2D eigenvalue weighted by Gasteiger charge is 2.15. The molecular weight excluding hydrogens is 432 g/mol. The SMILES string of the molecule is COc1ccc(Br)cc1C=NNC(=O)Cn1cnc2c1c(=O)n(C)c(=O)n2C. The number of rotatable bonds is 5. The van der Waals surface area contributed by atoms with Crippen molar-refractivity contribution in [1.82, 2.24) is 24.1 Å². The lowest BCUT2D eigenvalue weighted by molar-refractivity contribution is -0.121. The lowest BCUT2D eigenvalue weighted by Gasteiger charge is -2.06. The Hall–Kier alpha value is -3.21. The number of hydrogen-bond acceptors (Lipinski definition) is 6. The molecule has 1 aromatic carbocycles. The Balaban J connectivity index is 1.80. The van der Waals surface area contributed by atoms with Crippen LogP contribution in [0.4, 0.5) is 0 Å². The number of carbonyl (C=O) groups excluding carboxylic acids is 1. The first-order chi connectivity index (χ1) is 13.3. The molecule has 0 aliphatic heterocycles. The largest absolute Gasteiger partial charge is 0.496 e. The summed E-state index contributed by atoms with van der Waals surface area (Å²) in [6.45, 7) is -0.184. The molecule has 0 atom stereocenters. The van der Waals surface area contributed by atoms with Crippen LogP contribution in [0, 0.1) is 0 Å². The summed E-state index contributed by atoms with van der Waals surface area (Å²) in [7, 11) is 4.42. The van der Waals surface area contributed by atoms with E-state index >= 15 is 0 Å². The number of methoxy groups -OCH3 is 1. The van der Waals surface area contributed by atoms with Crippen LogP contribution in [-0.2, 0) is 25.4 Å². The molecule has 3 rings (SSSR count). The zero-order valence-corrected chi connectivity index (χ0v) is 16.9. The molecule has 0 fully saturated rings. The van der Waals surface area contributed by atoms with Crippen molar-refractivity contribution >= 4 is 39.2 Å². The van der Waals surface area contributed by atoms with E-state index in [-0.39, 0.29) is 17.7 Å². The number of aromatic nitrogens is 4. The third kappa shape index (κ3) is 3.60. The zero-order chi connectivity index (χ0) is 20.4. The molecule has 0 spiro atoms. The predicted octanol–water partition coefficient (Wildman–Crippen LogP) is 0.355. The molecule has 0 saturated carbocycles. The fourth-order valence-corrected chi connectivity index (χ4v) is 3.07. The molecule has 2 aromatic heterocycles. The number of nitrogens with one attached hydrogen (secondary N) is 1. The maximum absolute atomic E-state index is 12.4. The number of ether oxygens (including phenoxy) is 1. The van der Waals surface area contributed by atoms with Crippen LogP contribution in [0.3, 0.4) is 0 Å². The topological polar surface area (TPSA) is 113 Å². The van der Waals surface area contributed by atoms with Gasteiger partial charge in [0, 0.05) is 24.1 Å². The second kappa shape index (κ2) is 7.80. The van der Waals surface area contributed by atoms with Gasteiger partial charge in [0.1, 0.15) is 12.3 Å². The highest BCUT2D eigenvalue weighted by Crippen LogP contribution is 2.21. The van der Waals surface area contributed by atoms with Crippen molar-refractivity contribution in [2.75, 3.05) is 7.11 Å². The van der Waals surface area contributed by atoms with Crippen molar-refractivity contribution < 1.29 is 9.53 Å². The molecule has 0 saturated heterocycles. The Morgan fingerprint density at radius 1 is 1.32 bits per heavy atom. The molecule has 3 aromatic rings. The van der Waals surface area contributed by atoms with Gasteiger partial charge >= 0.3 is 5.69 Å². The molecule has 2 heterocycles. The Morgan fingerprint density at radius 2 is 2.07 bits per heavy atom. The van der Waals surface area contributed by atoms with E-state index in [1.54, 1.807) is 12.1 Å². The van der Waals surface area contributed by atoms with Crippen LogP contribution >= 0.6 is 15.9 Å². The van der Waals surface area contributed by atoms with Crippen molar-refractivity contribution in [3.05, 3.63) is 55.4 Å². The summed E-state index contributed by atoms with van der Waals surface area (Å²) in [6.07, 6.45) is 2.79. The van der Waals surface area contributed by atoms with Gasteiger partial charge in [0.2, 0.25) is 0 Å². The Labute approximate surface area is 167 Å². The minimum absolute atomic E-state index is 0.164. The number of carbonyl (C=O) groups is 1. The third-order valence-electron chi connectivity index (χ3n) is 4.12. The number of aryl methyl sites for hydroxylation is 1. The summed E-state index contributed by atoms with van der Waals surface area (Å²) in [5, 5.41) is 3.93. The second-order valence-corrected chi connectivity index (χ2v) is 6.85. The minimum Gasteiger partial charge on any atom is -0.496 e. The summed E-state index contributed by atoms with van der Waals surface area (Å²) in [5.41, 5.74) is 2.44. The number of hydrazone groups is 1. The van der Waals surface area contributed by atoms with Gasteiger partial charge in [-0.1, -0.05) is 15.9 Å². The molecule has 146 valence electrons. The van der Waals surface area contributed by atoms with E-state index in [1.165, 1.54) is 42.9 Å². The molecule has 0 aliphatic carbocycles. The fraction of sp³-hybridized carbons (Fsp3) is 0.235.